The van der Waals surface area contributed by atoms with E-state index in [0.29, 0.717) is 25.9 Å². The largest absolute Gasteiger partial charge is 0.496 e. The number of nitrogens with zero attached hydrogens (tertiary/aromatic N) is 3. The molecule has 0 saturated carbocycles. The van der Waals surface area contributed by atoms with Crippen LogP contribution in [0.2, 0.25) is 0 Å². The molecule has 1 amide bonds. The van der Waals surface area contributed by atoms with Gasteiger partial charge in [-0.05, 0) is 25.0 Å². The molecule has 1 saturated heterocycles. The number of hydrogen-bond donors (Lipinski definition) is 2. The summed E-state index contributed by atoms with van der Waals surface area (Å²) in [6.45, 7) is 1.23. The Balaban J connectivity index is 1.81. The minimum atomic E-state index is -1.33. The van der Waals surface area contributed by atoms with Crippen LogP contribution in [-0.4, -0.2) is 53.3 Å². The second-order valence-corrected chi connectivity index (χ2v) is 6.32. The number of ether oxygens (including phenoxy) is 1. The van der Waals surface area contributed by atoms with Gasteiger partial charge in [-0.15, -0.1) is 0 Å². The van der Waals surface area contributed by atoms with Gasteiger partial charge in [-0.3, -0.25) is 9.59 Å². The molecule has 1 aliphatic rings. The molecule has 1 fully saturated rings. The van der Waals surface area contributed by atoms with Gasteiger partial charge in [0.1, 0.15) is 17.1 Å². The smallest absolute Gasteiger partial charge is 0.224 e. The Bertz CT molecular complexity index is 901. The molecule has 0 radical (unpaired) electrons. The van der Waals surface area contributed by atoms with E-state index in [2.05, 4.69) is 15.3 Å². The Morgan fingerprint density at radius 1 is 1.36 bits per heavy atom. The van der Waals surface area contributed by atoms with Crippen molar-refractivity contribution < 1.29 is 23.1 Å². The van der Waals surface area contributed by atoms with Gasteiger partial charge in [0.05, 0.1) is 12.7 Å². The topological polar surface area (TPSA) is 110 Å². The Morgan fingerprint density at radius 2 is 2.07 bits per heavy atom. The highest BCUT2D eigenvalue weighted by Crippen LogP contribution is 2.28. The van der Waals surface area contributed by atoms with E-state index in [1.165, 1.54) is 7.11 Å². The predicted molar refractivity (Wildman–Crippen MR) is 97.1 cm³/mol. The fourth-order valence-corrected chi connectivity index (χ4v) is 3.02. The molecule has 3 N–H and O–H groups in total. The van der Waals surface area contributed by atoms with Gasteiger partial charge in [0.25, 0.3) is 0 Å². The van der Waals surface area contributed by atoms with Gasteiger partial charge >= 0.3 is 0 Å². The second kappa shape index (κ2) is 8.15. The summed E-state index contributed by atoms with van der Waals surface area (Å²) in [7, 11) is 1.24. The molecule has 1 aliphatic heterocycles. The highest BCUT2D eigenvalue weighted by atomic mass is 19.2. The van der Waals surface area contributed by atoms with Crippen LogP contribution in [0.1, 0.15) is 28.8 Å². The standard InChI is InChI=1S/C18H19F2N5O3/c1-28-13-3-2-12(19)15(20)14(13)16(27)11-8-22-18(24-17(11)21)23-10-4-6-25(9-26)7-5-10/h2-3,8-10H,4-7H2,1H3,(H3,21,22,23,24). The van der Waals surface area contributed by atoms with Gasteiger partial charge in [-0.1, -0.05) is 0 Å². The number of benzene rings is 1. The molecule has 2 heterocycles. The molecule has 28 heavy (non-hydrogen) atoms. The van der Waals surface area contributed by atoms with Crippen LogP contribution in [0.5, 0.6) is 5.75 Å². The molecule has 1 aromatic carbocycles. The van der Waals surface area contributed by atoms with Gasteiger partial charge in [0, 0.05) is 25.3 Å². The lowest BCUT2D eigenvalue weighted by atomic mass is 10.0. The Labute approximate surface area is 159 Å². The molecule has 148 valence electrons. The maximum atomic E-state index is 14.2. The summed E-state index contributed by atoms with van der Waals surface area (Å²) in [5.41, 5.74) is 5.13. The molecule has 0 atom stereocenters. The number of carbonyl (C=O) groups is 2. The van der Waals surface area contributed by atoms with E-state index < -0.39 is 23.0 Å². The zero-order chi connectivity index (χ0) is 20.3. The number of nitrogen functional groups attached to an aromatic ring is 1. The summed E-state index contributed by atoms with van der Waals surface area (Å²) in [6, 6.07) is 2.08. The summed E-state index contributed by atoms with van der Waals surface area (Å²) >= 11 is 0. The van der Waals surface area contributed by atoms with Crippen LogP contribution in [0.4, 0.5) is 20.5 Å². The van der Waals surface area contributed by atoms with Crippen molar-refractivity contribution in [1.82, 2.24) is 14.9 Å². The molecule has 8 nitrogen and oxygen atoms in total. The molecule has 1 aromatic heterocycles. The van der Waals surface area contributed by atoms with Crippen LogP contribution >= 0.6 is 0 Å². The first-order valence-corrected chi connectivity index (χ1v) is 8.59. The van der Waals surface area contributed by atoms with Crippen LogP contribution in [0.15, 0.2) is 18.3 Å². The number of nitrogens with two attached hydrogens (primary N) is 1. The van der Waals surface area contributed by atoms with Crippen LogP contribution in [-0.2, 0) is 4.79 Å². The highest BCUT2D eigenvalue weighted by Gasteiger charge is 2.25. The molecule has 0 aliphatic carbocycles. The maximum absolute atomic E-state index is 14.2. The van der Waals surface area contributed by atoms with Crippen molar-refractivity contribution in [3.63, 3.8) is 0 Å². The van der Waals surface area contributed by atoms with E-state index in [-0.39, 0.29) is 29.1 Å². The van der Waals surface area contributed by atoms with Crippen molar-refractivity contribution in [2.24, 2.45) is 0 Å². The molecule has 3 rings (SSSR count). The number of halogens is 2. The molecule has 2 aromatic rings. The van der Waals surface area contributed by atoms with Gasteiger partial charge in [0.15, 0.2) is 11.6 Å². The van der Waals surface area contributed by atoms with E-state index in [9.17, 15) is 18.4 Å². The Morgan fingerprint density at radius 3 is 2.68 bits per heavy atom. The molecule has 0 spiro atoms. The zero-order valence-corrected chi connectivity index (χ0v) is 15.1. The first-order valence-electron chi connectivity index (χ1n) is 8.59. The lowest BCUT2D eigenvalue weighted by Gasteiger charge is -2.29. The zero-order valence-electron chi connectivity index (χ0n) is 15.1. The lowest BCUT2D eigenvalue weighted by molar-refractivity contribution is -0.118. The summed E-state index contributed by atoms with van der Waals surface area (Å²) in [5, 5.41) is 3.10. The fraction of sp³-hybridized carbons (Fsp3) is 0.333. The normalized spacial score (nSPS) is 14.6. The number of methoxy groups -OCH3 is 1. The van der Waals surface area contributed by atoms with E-state index in [0.717, 1.165) is 24.7 Å². The summed E-state index contributed by atoms with van der Waals surface area (Å²) in [4.78, 5) is 33.2. The Hall–Kier alpha value is -3.30. The van der Waals surface area contributed by atoms with Crippen LogP contribution in [0, 0.1) is 11.6 Å². The van der Waals surface area contributed by atoms with Gasteiger partial charge < -0.3 is 20.7 Å². The number of amides is 1. The van der Waals surface area contributed by atoms with Crippen LogP contribution in [0.3, 0.4) is 0 Å². The number of piperidine rings is 1. The minimum Gasteiger partial charge on any atom is -0.496 e. The van der Waals surface area contributed by atoms with Crippen LogP contribution in [0.25, 0.3) is 0 Å². The minimum absolute atomic E-state index is 0.0536. The van der Waals surface area contributed by atoms with Crippen LogP contribution < -0.4 is 15.8 Å². The monoisotopic (exact) mass is 391 g/mol. The fourth-order valence-electron chi connectivity index (χ4n) is 3.02. The SMILES string of the molecule is COc1ccc(F)c(F)c1C(=O)c1cnc(NC2CCN(C=O)CC2)nc1N. The summed E-state index contributed by atoms with van der Waals surface area (Å²) in [5.74, 6) is -3.45. The predicted octanol–water partition coefficient (Wildman–Crippen LogP) is 1.61. The first kappa shape index (κ1) is 19.5. The highest BCUT2D eigenvalue weighted by molar-refractivity contribution is 6.13. The van der Waals surface area contributed by atoms with E-state index in [1.54, 1.807) is 4.90 Å². The van der Waals surface area contributed by atoms with Gasteiger partial charge in [-0.2, -0.15) is 4.98 Å². The number of anilines is 2. The van der Waals surface area contributed by atoms with Crippen molar-refractivity contribution in [2.45, 2.75) is 18.9 Å². The number of hydrogen-bond acceptors (Lipinski definition) is 7. The number of carbonyl (C=O) groups excluding carboxylic acids is 2. The van der Waals surface area contributed by atoms with Crippen molar-refractivity contribution in [3.05, 3.63) is 41.1 Å². The van der Waals surface area contributed by atoms with Crippen molar-refractivity contribution in [1.29, 1.82) is 0 Å². The first-order chi connectivity index (χ1) is 13.4. The average molecular weight is 391 g/mol. The van der Waals surface area contributed by atoms with Gasteiger partial charge in [0.2, 0.25) is 18.1 Å². The van der Waals surface area contributed by atoms with E-state index in [1.807, 2.05) is 0 Å². The molecule has 0 unspecified atom stereocenters. The number of nitrogens with one attached hydrogen (secondary N) is 1. The van der Waals surface area contributed by atoms with E-state index >= 15 is 0 Å². The molecule has 0 bridgehead atoms. The third-order valence-corrected chi connectivity index (χ3v) is 4.58. The average Bonchev–Trinajstić information content (AvgIpc) is 2.70. The number of aromatic nitrogens is 2. The second-order valence-electron chi connectivity index (χ2n) is 6.32. The number of rotatable bonds is 6. The third-order valence-electron chi connectivity index (χ3n) is 4.58. The van der Waals surface area contributed by atoms with Gasteiger partial charge in [-0.25, -0.2) is 13.8 Å². The quantitative estimate of drug-likeness (QED) is 0.568. The van der Waals surface area contributed by atoms with E-state index in [4.69, 9.17) is 10.5 Å². The van der Waals surface area contributed by atoms with Crippen molar-refractivity contribution in [3.8, 4) is 5.75 Å². The summed E-state index contributed by atoms with van der Waals surface area (Å²) in [6.07, 6.45) is 3.41. The Kier molecular flexibility index (Phi) is 5.67. The third kappa shape index (κ3) is 3.85. The molecule has 10 heteroatoms. The molecular formula is C18H19F2N5O3. The van der Waals surface area contributed by atoms with Crippen molar-refractivity contribution >= 4 is 24.0 Å². The lowest BCUT2D eigenvalue weighted by Crippen LogP contribution is -2.38. The number of ketones is 1. The molecular weight excluding hydrogens is 372 g/mol. The maximum Gasteiger partial charge on any atom is 0.224 e. The summed E-state index contributed by atoms with van der Waals surface area (Å²) < 4.78 is 32.7. The number of likely N-dealkylation sites (tertiary alicyclic amines) is 1. The van der Waals surface area contributed by atoms with Crippen molar-refractivity contribution in [2.75, 3.05) is 31.2 Å².